The van der Waals surface area contributed by atoms with Crippen molar-refractivity contribution >= 4 is 17.6 Å². The van der Waals surface area contributed by atoms with Crippen molar-refractivity contribution in [1.82, 2.24) is 15.0 Å². The van der Waals surface area contributed by atoms with Crippen LogP contribution in [0, 0.1) is 24.1 Å². The van der Waals surface area contributed by atoms with Gasteiger partial charge in [0.2, 0.25) is 5.91 Å². The molecule has 2 saturated carbocycles. The zero-order valence-electron chi connectivity index (χ0n) is 21.2. The van der Waals surface area contributed by atoms with E-state index < -0.39 is 17.8 Å². The minimum Gasteiger partial charge on any atom is -0.481 e. The Morgan fingerprint density at radius 2 is 1.94 bits per heavy atom. The number of aryl methyl sites for hydroxylation is 1. The fraction of sp³-hybridized carbons (Fsp3) is 0.630. The SMILES string of the molecule is Cc1ccc(NC(=O)C[C@H](CCC(=O)O)n2nnc(C3CC(CC(C)(C)C)C3)c2C2CC2)c(F)c1. The van der Waals surface area contributed by atoms with Gasteiger partial charge in [0.1, 0.15) is 5.82 Å². The molecule has 0 radical (unpaired) electrons. The molecule has 190 valence electrons. The number of carbonyl (C=O) groups is 2. The molecule has 1 heterocycles. The standard InChI is InChI=1S/C27H37FN4O3/c1-16-5-9-22(21(28)11-16)29-23(33)14-20(8-10-24(34)35)32-26(18-6-7-18)25(30-31-32)19-12-17(13-19)15-27(2,3)4/h5,9,11,17-20H,6-8,10,12-15H2,1-4H3,(H,29,33)(H,34,35)/t17?,19?,20-/m0/s1. The number of aromatic nitrogens is 3. The lowest BCUT2D eigenvalue weighted by Crippen LogP contribution is -2.27. The van der Waals surface area contributed by atoms with Crippen molar-refractivity contribution in [2.45, 2.75) is 96.9 Å². The minimum atomic E-state index is -0.919. The summed E-state index contributed by atoms with van der Waals surface area (Å²) in [7, 11) is 0. The van der Waals surface area contributed by atoms with Crippen molar-refractivity contribution in [2.24, 2.45) is 11.3 Å². The molecule has 2 aromatic rings. The van der Waals surface area contributed by atoms with Crippen LogP contribution in [0.5, 0.6) is 0 Å². The van der Waals surface area contributed by atoms with E-state index in [1.807, 2.05) is 4.68 Å². The monoisotopic (exact) mass is 484 g/mol. The summed E-state index contributed by atoms with van der Waals surface area (Å²) < 4.78 is 16.1. The van der Waals surface area contributed by atoms with E-state index in [0.717, 1.165) is 42.6 Å². The second-order valence-corrected chi connectivity index (χ2v) is 11.7. The first-order chi connectivity index (χ1) is 16.5. The second kappa shape index (κ2) is 10.1. The van der Waals surface area contributed by atoms with Crippen LogP contribution in [0.15, 0.2) is 18.2 Å². The number of halogens is 1. The molecule has 2 aliphatic carbocycles. The molecule has 8 heteroatoms. The fourth-order valence-electron chi connectivity index (χ4n) is 5.36. The largest absolute Gasteiger partial charge is 0.481 e. The Hall–Kier alpha value is -2.77. The van der Waals surface area contributed by atoms with Crippen LogP contribution in [0.2, 0.25) is 0 Å². The number of carboxylic acid groups (broad SMARTS) is 1. The Morgan fingerprint density at radius 3 is 2.54 bits per heavy atom. The highest BCUT2D eigenvalue weighted by atomic mass is 19.1. The maximum atomic E-state index is 14.3. The number of amides is 1. The van der Waals surface area contributed by atoms with E-state index in [-0.39, 0.29) is 30.9 Å². The van der Waals surface area contributed by atoms with Crippen LogP contribution in [0.25, 0.3) is 0 Å². The average Bonchev–Trinajstić information content (AvgIpc) is 3.47. The molecule has 7 nitrogen and oxygen atoms in total. The minimum absolute atomic E-state index is 0.0143. The highest BCUT2D eigenvalue weighted by molar-refractivity contribution is 5.91. The normalized spacial score (nSPS) is 20.8. The van der Waals surface area contributed by atoms with E-state index in [1.54, 1.807) is 19.1 Å². The van der Waals surface area contributed by atoms with Gasteiger partial charge >= 0.3 is 5.97 Å². The summed E-state index contributed by atoms with van der Waals surface area (Å²) in [6, 6.07) is 4.21. The first-order valence-corrected chi connectivity index (χ1v) is 12.7. The number of carboxylic acids is 1. The number of anilines is 1. The topological polar surface area (TPSA) is 97.1 Å². The molecule has 0 saturated heterocycles. The number of hydrogen-bond acceptors (Lipinski definition) is 4. The van der Waals surface area contributed by atoms with E-state index in [9.17, 15) is 19.1 Å². The van der Waals surface area contributed by atoms with Crippen LogP contribution in [0.1, 0.15) is 107 Å². The number of nitrogens with zero attached hydrogens (tertiary/aromatic N) is 3. The Morgan fingerprint density at radius 1 is 1.23 bits per heavy atom. The lowest BCUT2D eigenvalue weighted by Gasteiger charge is -2.38. The lowest BCUT2D eigenvalue weighted by molar-refractivity contribution is -0.137. The van der Waals surface area contributed by atoms with Gasteiger partial charge in [-0.1, -0.05) is 32.1 Å². The third kappa shape index (κ3) is 6.47. The summed E-state index contributed by atoms with van der Waals surface area (Å²) >= 11 is 0. The average molecular weight is 485 g/mol. The van der Waals surface area contributed by atoms with Crippen molar-refractivity contribution < 1.29 is 19.1 Å². The van der Waals surface area contributed by atoms with Gasteiger partial charge in [-0.05, 0) is 74.5 Å². The lowest BCUT2D eigenvalue weighted by atomic mass is 9.67. The number of aliphatic carboxylic acids is 1. The Balaban J connectivity index is 1.51. The van der Waals surface area contributed by atoms with Crippen molar-refractivity contribution in [2.75, 3.05) is 5.32 Å². The molecule has 2 fully saturated rings. The third-order valence-electron chi connectivity index (χ3n) is 7.10. The maximum absolute atomic E-state index is 14.3. The maximum Gasteiger partial charge on any atom is 0.303 e. The summed E-state index contributed by atoms with van der Waals surface area (Å²) in [5, 5.41) is 21.0. The number of benzene rings is 1. The van der Waals surface area contributed by atoms with Crippen LogP contribution in [-0.2, 0) is 9.59 Å². The van der Waals surface area contributed by atoms with E-state index in [4.69, 9.17) is 0 Å². The van der Waals surface area contributed by atoms with E-state index in [1.165, 1.54) is 12.5 Å². The van der Waals surface area contributed by atoms with Crippen molar-refractivity contribution in [3.8, 4) is 0 Å². The first-order valence-electron chi connectivity index (χ1n) is 12.7. The van der Waals surface area contributed by atoms with Gasteiger partial charge in [0.25, 0.3) is 0 Å². The van der Waals surface area contributed by atoms with E-state index in [0.29, 0.717) is 23.2 Å². The third-order valence-corrected chi connectivity index (χ3v) is 7.10. The van der Waals surface area contributed by atoms with Crippen LogP contribution >= 0.6 is 0 Å². The molecule has 0 spiro atoms. The molecule has 1 atom stereocenters. The quantitative estimate of drug-likeness (QED) is 0.433. The molecule has 1 aromatic carbocycles. The van der Waals surface area contributed by atoms with Gasteiger partial charge in [0.05, 0.1) is 23.1 Å². The van der Waals surface area contributed by atoms with Gasteiger partial charge in [-0.15, -0.1) is 5.10 Å². The van der Waals surface area contributed by atoms with Gasteiger partial charge in [0.15, 0.2) is 0 Å². The molecule has 2 aliphatic rings. The van der Waals surface area contributed by atoms with Crippen molar-refractivity contribution in [1.29, 1.82) is 0 Å². The fourth-order valence-corrected chi connectivity index (χ4v) is 5.36. The zero-order chi connectivity index (χ0) is 25.3. The highest BCUT2D eigenvalue weighted by Crippen LogP contribution is 2.51. The first kappa shape index (κ1) is 25.3. The number of nitrogens with one attached hydrogen (secondary N) is 1. The van der Waals surface area contributed by atoms with Crippen molar-refractivity contribution in [3.05, 3.63) is 41.0 Å². The molecule has 2 N–H and O–H groups in total. The molecule has 1 aromatic heterocycles. The van der Waals surface area contributed by atoms with E-state index >= 15 is 0 Å². The Bertz CT molecular complexity index is 1080. The van der Waals surface area contributed by atoms with Crippen LogP contribution in [-0.4, -0.2) is 32.0 Å². The summed E-state index contributed by atoms with van der Waals surface area (Å²) in [6.45, 7) is 8.60. The second-order valence-electron chi connectivity index (χ2n) is 11.7. The van der Waals surface area contributed by atoms with Crippen LogP contribution < -0.4 is 5.32 Å². The summed E-state index contributed by atoms with van der Waals surface area (Å²) in [6.07, 6.45) is 5.71. The van der Waals surface area contributed by atoms with Gasteiger partial charge in [-0.3, -0.25) is 9.59 Å². The van der Waals surface area contributed by atoms with Gasteiger partial charge in [0, 0.05) is 24.7 Å². The Kier molecular flexibility index (Phi) is 7.29. The molecule has 35 heavy (non-hydrogen) atoms. The molecule has 1 amide bonds. The van der Waals surface area contributed by atoms with Gasteiger partial charge < -0.3 is 10.4 Å². The van der Waals surface area contributed by atoms with Crippen LogP contribution in [0.3, 0.4) is 0 Å². The van der Waals surface area contributed by atoms with E-state index in [2.05, 4.69) is 36.4 Å². The van der Waals surface area contributed by atoms with Crippen molar-refractivity contribution in [3.63, 3.8) is 0 Å². The number of hydrogen-bond donors (Lipinski definition) is 2. The zero-order valence-corrected chi connectivity index (χ0v) is 21.2. The molecule has 4 rings (SSSR count). The van der Waals surface area contributed by atoms with Gasteiger partial charge in [-0.2, -0.15) is 0 Å². The smallest absolute Gasteiger partial charge is 0.303 e. The molecule has 0 unspecified atom stereocenters. The Labute approximate surface area is 206 Å². The molecule has 0 aliphatic heterocycles. The predicted octanol–water partition coefficient (Wildman–Crippen LogP) is 5.97. The molecular weight excluding hydrogens is 447 g/mol. The number of rotatable bonds is 10. The summed E-state index contributed by atoms with van der Waals surface area (Å²) in [5.74, 6) is -0.339. The molecular formula is C27H37FN4O3. The van der Waals surface area contributed by atoms with Crippen LogP contribution in [0.4, 0.5) is 10.1 Å². The summed E-state index contributed by atoms with van der Waals surface area (Å²) in [4.78, 5) is 24.2. The number of carbonyl (C=O) groups excluding carboxylic acids is 1. The molecule has 0 bridgehead atoms. The summed E-state index contributed by atoms with van der Waals surface area (Å²) in [5.41, 5.74) is 3.30. The highest BCUT2D eigenvalue weighted by Gasteiger charge is 2.41. The predicted molar refractivity (Wildman–Crippen MR) is 132 cm³/mol. The van der Waals surface area contributed by atoms with Gasteiger partial charge in [-0.25, -0.2) is 9.07 Å².